The zero-order valence-corrected chi connectivity index (χ0v) is 17.5. The lowest BCUT2D eigenvalue weighted by Crippen LogP contribution is -2.15. The predicted octanol–water partition coefficient (Wildman–Crippen LogP) is 4.09. The molecule has 0 aromatic heterocycles. The molecule has 2 aromatic carbocycles. The molecule has 0 saturated carbocycles. The largest absolute Gasteiger partial charge is 0.493 e. The summed E-state index contributed by atoms with van der Waals surface area (Å²) < 4.78 is 20.9. The zero-order chi connectivity index (χ0) is 22.3. The van der Waals surface area contributed by atoms with Gasteiger partial charge in [-0.3, -0.25) is 10.1 Å². The lowest BCUT2D eigenvalue weighted by molar-refractivity contribution is -0.385. The molecule has 0 fully saturated rings. The maximum absolute atomic E-state index is 11.1. The Bertz CT molecular complexity index is 939. The van der Waals surface area contributed by atoms with Crippen LogP contribution in [0.15, 0.2) is 36.9 Å². The van der Waals surface area contributed by atoms with Crippen LogP contribution in [0.3, 0.4) is 0 Å². The fourth-order valence-corrected chi connectivity index (χ4v) is 3.36. The molecule has 30 heavy (non-hydrogen) atoms. The molecule has 8 nitrogen and oxygen atoms in total. The van der Waals surface area contributed by atoms with E-state index < -0.39 is 4.92 Å². The molecule has 0 amide bonds. The Balaban J connectivity index is 0.000000248. The summed E-state index contributed by atoms with van der Waals surface area (Å²) >= 11 is 0. The zero-order valence-electron chi connectivity index (χ0n) is 17.5. The number of carbonyl (C=O) groups excluding carboxylic acids is 1. The van der Waals surface area contributed by atoms with E-state index in [1.807, 2.05) is 6.07 Å². The van der Waals surface area contributed by atoms with Gasteiger partial charge in [0, 0.05) is 17.5 Å². The Morgan fingerprint density at radius 1 is 1.03 bits per heavy atom. The molecule has 0 N–H and O–H groups in total. The van der Waals surface area contributed by atoms with Crippen molar-refractivity contribution in [3.05, 3.63) is 58.2 Å². The highest BCUT2D eigenvalue weighted by molar-refractivity contribution is 5.84. The third kappa shape index (κ3) is 4.53. The molecular weight excluding hydrogens is 390 g/mol. The van der Waals surface area contributed by atoms with Gasteiger partial charge in [0.1, 0.15) is 6.29 Å². The average molecular weight is 415 g/mol. The molecule has 1 aliphatic carbocycles. The van der Waals surface area contributed by atoms with E-state index >= 15 is 0 Å². The van der Waals surface area contributed by atoms with Crippen molar-refractivity contribution >= 4 is 17.5 Å². The van der Waals surface area contributed by atoms with Gasteiger partial charge in [-0.05, 0) is 36.1 Å². The van der Waals surface area contributed by atoms with Gasteiger partial charge in [-0.15, -0.1) is 0 Å². The van der Waals surface area contributed by atoms with E-state index in [1.54, 1.807) is 39.5 Å². The quantitative estimate of drug-likeness (QED) is 0.398. The Hall–Kier alpha value is -3.55. The van der Waals surface area contributed by atoms with Gasteiger partial charge < -0.3 is 23.7 Å². The molecule has 1 atom stereocenters. The molecule has 0 radical (unpaired) electrons. The molecule has 0 saturated heterocycles. The summed E-state index contributed by atoms with van der Waals surface area (Å²) in [4.78, 5) is 20.9. The molecule has 0 spiro atoms. The van der Waals surface area contributed by atoms with Crippen molar-refractivity contribution in [2.75, 3.05) is 28.4 Å². The van der Waals surface area contributed by atoms with Gasteiger partial charge in [-0.1, -0.05) is 18.7 Å². The summed E-state index contributed by atoms with van der Waals surface area (Å²) in [6.07, 6.45) is 2.47. The van der Waals surface area contributed by atoms with Crippen molar-refractivity contribution in [2.45, 2.75) is 12.8 Å². The number of nitro groups is 1. The number of carbonyl (C=O) groups is 1. The van der Waals surface area contributed by atoms with Crippen LogP contribution in [0.5, 0.6) is 23.0 Å². The minimum absolute atomic E-state index is 0.00463. The number of fused-ring (bicyclic) bond motifs is 1. The molecular formula is C22H25NO7. The lowest BCUT2D eigenvalue weighted by Gasteiger charge is -2.27. The van der Waals surface area contributed by atoms with E-state index in [-0.39, 0.29) is 17.4 Å². The first kappa shape index (κ1) is 22.7. The predicted molar refractivity (Wildman–Crippen MR) is 113 cm³/mol. The van der Waals surface area contributed by atoms with Crippen molar-refractivity contribution in [1.29, 1.82) is 0 Å². The van der Waals surface area contributed by atoms with E-state index in [1.165, 1.54) is 13.2 Å². The number of para-hydroxylation sites is 2. The Labute approximate surface area is 175 Å². The van der Waals surface area contributed by atoms with E-state index in [4.69, 9.17) is 18.9 Å². The fourth-order valence-electron chi connectivity index (χ4n) is 3.36. The van der Waals surface area contributed by atoms with Gasteiger partial charge in [0.25, 0.3) is 0 Å². The van der Waals surface area contributed by atoms with Crippen molar-refractivity contribution in [3.8, 4) is 23.0 Å². The van der Waals surface area contributed by atoms with Gasteiger partial charge >= 0.3 is 5.69 Å². The highest BCUT2D eigenvalue weighted by Crippen LogP contribution is 2.47. The summed E-state index contributed by atoms with van der Waals surface area (Å²) in [5, 5.41) is 10.3. The van der Waals surface area contributed by atoms with Crippen LogP contribution in [0.4, 0.5) is 5.69 Å². The summed E-state index contributed by atoms with van der Waals surface area (Å²) in [6.45, 7) is 4.03. The smallest absolute Gasteiger partial charge is 0.310 e. The van der Waals surface area contributed by atoms with Crippen LogP contribution >= 0.6 is 0 Å². The van der Waals surface area contributed by atoms with E-state index in [2.05, 4.69) is 6.58 Å². The second-order valence-electron chi connectivity index (χ2n) is 6.41. The second kappa shape index (κ2) is 10.3. The standard InChI is InChI=1S/C15H18O4.C7H7NO3/c1-9-10(8-16)5-6-11-12(9)7-13(17-2)15(19-4)14(11)18-3;1-11-7-5-3-2-4-6(7)8(9)10/h7-8,10H,1,5-6H2,2-4H3;2-5H,1H3. The van der Waals surface area contributed by atoms with Gasteiger partial charge in [0.05, 0.1) is 33.4 Å². The van der Waals surface area contributed by atoms with Gasteiger partial charge in [0.2, 0.25) is 5.75 Å². The number of hydrogen-bond donors (Lipinski definition) is 0. The normalized spacial score (nSPS) is 14.5. The molecule has 0 heterocycles. The van der Waals surface area contributed by atoms with Crippen LogP contribution in [-0.2, 0) is 11.2 Å². The number of allylic oxidation sites excluding steroid dienone is 1. The maximum atomic E-state index is 11.1. The first-order valence-electron chi connectivity index (χ1n) is 9.17. The summed E-state index contributed by atoms with van der Waals surface area (Å²) in [5.74, 6) is 2.00. The number of aldehydes is 1. The first-order chi connectivity index (χ1) is 14.4. The third-order valence-electron chi connectivity index (χ3n) is 4.88. The van der Waals surface area contributed by atoms with Gasteiger partial charge in [-0.25, -0.2) is 0 Å². The van der Waals surface area contributed by atoms with E-state index in [0.29, 0.717) is 17.2 Å². The molecule has 160 valence electrons. The highest BCUT2D eigenvalue weighted by Gasteiger charge is 2.28. The first-order valence-corrected chi connectivity index (χ1v) is 9.17. The van der Waals surface area contributed by atoms with E-state index in [0.717, 1.165) is 35.8 Å². The fraction of sp³-hybridized carbons (Fsp3) is 0.318. The SMILES string of the molecule is C=C1c2cc(OC)c(OC)c(OC)c2CCC1C=O.COc1ccccc1[N+](=O)[O-]. The van der Waals surface area contributed by atoms with Crippen molar-refractivity contribution in [3.63, 3.8) is 0 Å². The maximum Gasteiger partial charge on any atom is 0.310 e. The summed E-state index contributed by atoms with van der Waals surface area (Å²) in [5.41, 5.74) is 2.77. The Morgan fingerprint density at radius 2 is 1.67 bits per heavy atom. The minimum Gasteiger partial charge on any atom is -0.493 e. The monoisotopic (exact) mass is 415 g/mol. The molecule has 0 aliphatic heterocycles. The van der Waals surface area contributed by atoms with Crippen LogP contribution in [0.2, 0.25) is 0 Å². The minimum atomic E-state index is -0.473. The lowest BCUT2D eigenvalue weighted by atomic mass is 9.80. The number of hydrogen-bond acceptors (Lipinski definition) is 7. The van der Waals surface area contributed by atoms with Crippen molar-refractivity contribution < 1.29 is 28.7 Å². The number of ether oxygens (including phenoxy) is 4. The van der Waals surface area contributed by atoms with Crippen molar-refractivity contribution in [1.82, 2.24) is 0 Å². The van der Waals surface area contributed by atoms with E-state index in [9.17, 15) is 14.9 Å². The second-order valence-corrected chi connectivity index (χ2v) is 6.41. The van der Waals surface area contributed by atoms with Crippen molar-refractivity contribution in [2.24, 2.45) is 5.92 Å². The van der Waals surface area contributed by atoms with Crippen LogP contribution in [0.25, 0.3) is 5.57 Å². The topological polar surface area (TPSA) is 97.1 Å². The number of nitrogens with zero attached hydrogens (tertiary/aromatic N) is 1. The van der Waals surface area contributed by atoms with Crippen LogP contribution < -0.4 is 18.9 Å². The van der Waals surface area contributed by atoms with Crippen LogP contribution in [-0.4, -0.2) is 39.6 Å². The molecule has 1 aliphatic rings. The summed E-state index contributed by atoms with van der Waals surface area (Å²) in [6, 6.07) is 8.11. The molecule has 1 unspecified atom stereocenters. The van der Waals surface area contributed by atoms with Crippen LogP contribution in [0, 0.1) is 16.0 Å². The number of benzene rings is 2. The molecule has 8 heteroatoms. The van der Waals surface area contributed by atoms with Gasteiger partial charge in [0.15, 0.2) is 17.2 Å². The Morgan fingerprint density at radius 3 is 2.17 bits per heavy atom. The van der Waals surface area contributed by atoms with Crippen LogP contribution in [0.1, 0.15) is 17.5 Å². The van der Waals surface area contributed by atoms with Gasteiger partial charge in [-0.2, -0.15) is 0 Å². The number of methoxy groups -OCH3 is 4. The molecule has 0 bridgehead atoms. The highest BCUT2D eigenvalue weighted by atomic mass is 16.6. The third-order valence-corrected chi connectivity index (χ3v) is 4.88. The Kier molecular flexibility index (Phi) is 7.80. The molecule has 3 rings (SSSR count). The summed E-state index contributed by atoms with van der Waals surface area (Å²) in [7, 11) is 6.17. The number of rotatable bonds is 6. The average Bonchev–Trinajstić information content (AvgIpc) is 2.78. The number of nitro benzene ring substituents is 1. The molecule has 2 aromatic rings.